The Morgan fingerprint density at radius 3 is 2.38 bits per heavy atom. The van der Waals surface area contributed by atoms with Gasteiger partial charge in [0.05, 0.1) is 23.4 Å². The summed E-state index contributed by atoms with van der Waals surface area (Å²) in [5.74, 6) is -0.791. The lowest BCUT2D eigenvalue weighted by Crippen LogP contribution is -3.10. The number of quaternary nitrogens is 1. The van der Waals surface area contributed by atoms with Gasteiger partial charge in [-0.3, -0.25) is 23.8 Å². The van der Waals surface area contributed by atoms with Gasteiger partial charge in [0.1, 0.15) is 11.7 Å². The molecule has 0 spiro atoms. The molecule has 0 aromatic heterocycles. The Bertz CT molecular complexity index is 1740. The number of likely N-dealkylation sites (N-methyl/N-ethyl adjacent to an activating group) is 2. The van der Waals surface area contributed by atoms with Crippen molar-refractivity contribution in [2.75, 3.05) is 31.1 Å². The van der Waals surface area contributed by atoms with Crippen LogP contribution in [0.25, 0.3) is 0 Å². The van der Waals surface area contributed by atoms with E-state index >= 15 is 0 Å². The highest BCUT2D eigenvalue weighted by atomic mass is 32.2. The van der Waals surface area contributed by atoms with Crippen molar-refractivity contribution in [1.82, 2.24) is 10.6 Å². The molecule has 4 N–H and O–H groups in total. The van der Waals surface area contributed by atoms with Crippen molar-refractivity contribution in [2.45, 2.75) is 76.2 Å². The third-order valence-corrected chi connectivity index (χ3v) is 10.3. The normalized spacial score (nSPS) is 20.2. The molecule has 0 bridgehead atoms. The van der Waals surface area contributed by atoms with Crippen LogP contribution in [-0.2, 0) is 30.5 Å². The van der Waals surface area contributed by atoms with Gasteiger partial charge in [-0.1, -0.05) is 26.0 Å². The number of nitrogens with one attached hydrogen (secondary N) is 3. The van der Waals surface area contributed by atoms with Crippen LogP contribution in [0.3, 0.4) is 0 Å². The molecule has 4 rings (SSSR count). The molecule has 0 saturated heterocycles. The summed E-state index contributed by atoms with van der Waals surface area (Å²) >= 11 is 0. The first-order valence-electron chi connectivity index (χ1n) is 16.0. The number of rotatable bonds is 13. The number of amides is 2. The Balaban J connectivity index is 1.52. The van der Waals surface area contributed by atoms with Gasteiger partial charge >= 0.3 is 0 Å². The van der Waals surface area contributed by atoms with E-state index in [4.69, 9.17) is 0 Å². The molecule has 252 valence electrons. The van der Waals surface area contributed by atoms with Gasteiger partial charge in [0.15, 0.2) is 5.78 Å². The maximum Gasteiger partial charge on any atom is 0.294 e. The second-order valence-electron chi connectivity index (χ2n) is 13.1. The summed E-state index contributed by atoms with van der Waals surface area (Å²) in [6.45, 7) is 17.9. The second-order valence-corrected chi connectivity index (χ2v) is 14.5. The fraction of sp³-hybridized carbons (Fsp3) is 0.417. The number of Topliss-reactive ketones (excluding diaryl/α,β-unsaturated/α-hetero) is 1. The van der Waals surface area contributed by atoms with E-state index in [1.165, 1.54) is 11.0 Å². The van der Waals surface area contributed by atoms with Crippen LogP contribution in [-0.4, -0.2) is 62.8 Å². The van der Waals surface area contributed by atoms with E-state index in [-0.39, 0.29) is 53.3 Å². The molecule has 2 atom stereocenters. The lowest BCUT2D eigenvalue weighted by atomic mass is 9.79. The number of carbonyl (C=O) groups excluding carboxylic acids is 3. The molecule has 2 aliphatic rings. The number of benzene rings is 2. The molecule has 11 heteroatoms. The van der Waals surface area contributed by atoms with Crippen molar-refractivity contribution < 1.29 is 32.3 Å². The molecule has 0 radical (unpaired) electrons. The molecule has 47 heavy (non-hydrogen) atoms. The Morgan fingerprint density at radius 1 is 1.02 bits per heavy atom. The fourth-order valence-electron chi connectivity index (χ4n) is 6.85. The number of ketones is 1. The first kappa shape index (κ1) is 35.8. The van der Waals surface area contributed by atoms with Crippen LogP contribution in [0.1, 0.15) is 75.9 Å². The van der Waals surface area contributed by atoms with Crippen molar-refractivity contribution in [1.29, 1.82) is 0 Å². The fourth-order valence-corrected chi connectivity index (χ4v) is 7.35. The van der Waals surface area contributed by atoms with E-state index < -0.39 is 15.5 Å². The highest BCUT2D eigenvalue weighted by Gasteiger charge is 2.47. The standard InChI is InChI=1S/C36H46N4O6S/c1-8-20-37-33(42)19-15-25(41)23-38-34(43)24-14-17-29-27(21-24)35(4,5)31(39(29)9-2)12-11-13-32-36(6,7)28-22-26(47(44,45)46)16-18-30(28)40(32)10-3/h8,11-14,16-18,21-22,31H,1,9-10,15,19-20,23H2,2-7H3,(H,37,42)(H,38,43)(H,44,45,46)/p+1/b12-11+,32-13+. The lowest BCUT2D eigenvalue weighted by Gasteiger charge is -2.27. The average Bonchev–Trinajstić information content (AvgIpc) is 3.38. The van der Waals surface area contributed by atoms with Crippen LogP contribution in [0, 0.1) is 0 Å². The summed E-state index contributed by atoms with van der Waals surface area (Å²) in [6, 6.07) is 10.5. The highest BCUT2D eigenvalue weighted by molar-refractivity contribution is 7.85. The number of carbonyl (C=O) groups is 3. The van der Waals surface area contributed by atoms with Crippen LogP contribution in [0.5, 0.6) is 0 Å². The van der Waals surface area contributed by atoms with Gasteiger partial charge in [0.25, 0.3) is 16.0 Å². The van der Waals surface area contributed by atoms with E-state index in [2.05, 4.69) is 75.0 Å². The van der Waals surface area contributed by atoms with Crippen LogP contribution in [0.2, 0.25) is 0 Å². The summed E-state index contributed by atoms with van der Waals surface area (Å²) in [5, 5.41) is 5.34. The number of hydrogen-bond donors (Lipinski definition) is 4. The van der Waals surface area contributed by atoms with Crippen LogP contribution in [0.4, 0.5) is 11.4 Å². The average molecular weight is 664 g/mol. The number of hydrogen-bond acceptors (Lipinski definition) is 6. The van der Waals surface area contributed by atoms with E-state index in [1.807, 2.05) is 19.1 Å². The molecule has 0 fully saturated rings. The zero-order valence-corrected chi connectivity index (χ0v) is 29.0. The first-order chi connectivity index (χ1) is 22.1. The van der Waals surface area contributed by atoms with Crippen LogP contribution < -0.4 is 20.4 Å². The van der Waals surface area contributed by atoms with E-state index in [0.717, 1.165) is 34.7 Å². The number of nitrogens with zero attached hydrogens (tertiary/aromatic N) is 1. The summed E-state index contributed by atoms with van der Waals surface area (Å²) in [6.07, 6.45) is 8.03. The predicted molar refractivity (Wildman–Crippen MR) is 184 cm³/mol. The summed E-state index contributed by atoms with van der Waals surface area (Å²) in [5.41, 5.74) is 4.63. The van der Waals surface area contributed by atoms with Crippen molar-refractivity contribution in [3.63, 3.8) is 0 Å². The van der Waals surface area contributed by atoms with Crippen LogP contribution >= 0.6 is 0 Å². The highest BCUT2D eigenvalue weighted by Crippen LogP contribution is 2.48. The predicted octanol–water partition coefficient (Wildman–Crippen LogP) is 3.77. The van der Waals surface area contributed by atoms with Gasteiger partial charge < -0.3 is 15.5 Å². The van der Waals surface area contributed by atoms with Gasteiger partial charge in [-0.15, -0.1) is 6.58 Å². The van der Waals surface area contributed by atoms with Gasteiger partial charge in [-0.05, 0) is 75.7 Å². The first-order valence-corrected chi connectivity index (χ1v) is 17.5. The summed E-state index contributed by atoms with van der Waals surface area (Å²) in [7, 11) is -4.33. The summed E-state index contributed by atoms with van der Waals surface area (Å²) < 4.78 is 33.4. The van der Waals surface area contributed by atoms with Crippen molar-refractivity contribution >= 4 is 39.1 Å². The lowest BCUT2D eigenvalue weighted by molar-refractivity contribution is -0.848. The maximum absolute atomic E-state index is 13.0. The van der Waals surface area contributed by atoms with E-state index in [1.54, 1.807) is 24.3 Å². The van der Waals surface area contributed by atoms with Crippen LogP contribution in [0.15, 0.2) is 77.9 Å². The topological polar surface area (TPSA) is 137 Å². The number of anilines is 1. The summed E-state index contributed by atoms with van der Waals surface area (Å²) in [4.78, 5) is 40.4. The zero-order chi connectivity index (χ0) is 34.7. The van der Waals surface area contributed by atoms with Gasteiger partial charge in [-0.25, -0.2) is 0 Å². The second kappa shape index (κ2) is 14.0. The zero-order valence-electron chi connectivity index (χ0n) is 28.1. The quantitative estimate of drug-likeness (QED) is 0.189. The molecule has 2 heterocycles. The Kier molecular flexibility index (Phi) is 10.6. The van der Waals surface area contributed by atoms with Gasteiger partial charge in [0.2, 0.25) is 5.91 Å². The minimum Gasteiger partial charge on any atom is -0.353 e. The molecular formula is C36H47N4O6S+. The minimum atomic E-state index is -4.33. The smallest absolute Gasteiger partial charge is 0.294 e. The van der Waals surface area contributed by atoms with E-state index in [0.29, 0.717) is 18.7 Å². The molecule has 2 aromatic rings. The molecule has 10 nitrogen and oxygen atoms in total. The molecule has 2 aromatic carbocycles. The molecular weight excluding hydrogens is 616 g/mol. The Labute approximate surface area is 278 Å². The van der Waals surface area contributed by atoms with Gasteiger partial charge in [0, 0.05) is 59.9 Å². The molecule has 0 saturated carbocycles. The van der Waals surface area contributed by atoms with Crippen molar-refractivity contribution in [3.05, 3.63) is 89.7 Å². The monoisotopic (exact) mass is 663 g/mol. The molecule has 0 aliphatic carbocycles. The maximum atomic E-state index is 13.0. The minimum absolute atomic E-state index is 0.0460. The molecule has 2 unspecified atom stereocenters. The Morgan fingerprint density at radius 2 is 1.74 bits per heavy atom. The van der Waals surface area contributed by atoms with Crippen molar-refractivity contribution in [2.24, 2.45) is 0 Å². The van der Waals surface area contributed by atoms with E-state index in [9.17, 15) is 27.4 Å². The third-order valence-electron chi connectivity index (χ3n) is 9.41. The Hall–Kier alpha value is -4.06. The van der Waals surface area contributed by atoms with Crippen molar-refractivity contribution in [3.8, 4) is 0 Å². The molecule has 2 amide bonds. The SMILES string of the molecule is C=CCNC(=O)CCC(=O)CNC(=O)c1ccc2c(c1)C(C)(C)C(/C=C/C=C1/N(CC)c3ccc(S(=O)(=O)O)cc3C1(C)C)[NH+]2CC. The number of allylic oxidation sites excluding steroid dienone is 3. The molecule has 2 aliphatic heterocycles. The number of fused-ring (bicyclic) bond motifs is 2. The van der Waals surface area contributed by atoms with Gasteiger partial charge in [-0.2, -0.15) is 8.42 Å². The third kappa shape index (κ3) is 7.27. The largest absolute Gasteiger partial charge is 0.353 e.